The van der Waals surface area contributed by atoms with Gasteiger partial charge in [-0.3, -0.25) is 0 Å². The summed E-state index contributed by atoms with van der Waals surface area (Å²) in [6, 6.07) is 16.3. The van der Waals surface area contributed by atoms with Crippen LogP contribution in [0.1, 0.15) is 20.8 Å². The number of benzene rings is 2. The van der Waals surface area contributed by atoms with Gasteiger partial charge < -0.3 is 14.8 Å². The van der Waals surface area contributed by atoms with E-state index in [-0.39, 0.29) is 5.28 Å². The van der Waals surface area contributed by atoms with Crippen molar-refractivity contribution in [2.24, 2.45) is 0 Å². The molecule has 0 aliphatic rings. The first-order chi connectivity index (χ1) is 14.8. The maximum Gasteiger partial charge on any atom is 0.435 e. The topological polar surface area (TPSA) is 91.2 Å². The standard InChI is InChI=1S/C22H20ClN5O3/c1-22(2,3)31-21(29)28-17-10-9-15(11-14(17)13-24-28)25-18-12-19(27-20(23)26-18)30-16-7-5-4-6-8-16/h4-13H,1-3H3,(H,25,26,27). The van der Waals surface area contributed by atoms with Crippen molar-refractivity contribution in [3.8, 4) is 11.6 Å². The van der Waals surface area contributed by atoms with Gasteiger partial charge in [-0.1, -0.05) is 18.2 Å². The van der Waals surface area contributed by atoms with E-state index in [9.17, 15) is 4.79 Å². The zero-order valence-corrected chi connectivity index (χ0v) is 17.9. The molecule has 4 aromatic rings. The molecule has 0 atom stereocenters. The maximum atomic E-state index is 12.4. The van der Waals surface area contributed by atoms with E-state index in [1.165, 1.54) is 4.68 Å². The van der Waals surface area contributed by atoms with Crippen LogP contribution in [0.2, 0.25) is 5.28 Å². The molecule has 4 rings (SSSR count). The van der Waals surface area contributed by atoms with Crippen molar-refractivity contribution in [2.75, 3.05) is 5.32 Å². The van der Waals surface area contributed by atoms with Crippen molar-refractivity contribution >= 4 is 40.1 Å². The number of aromatic nitrogens is 4. The molecule has 0 saturated carbocycles. The summed E-state index contributed by atoms with van der Waals surface area (Å²) in [6.07, 6.45) is 1.06. The molecule has 158 valence electrons. The lowest BCUT2D eigenvalue weighted by Crippen LogP contribution is -2.27. The van der Waals surface area contributed by atoms with Gasteiger partial charge >= 0.3 is 6.09 Å². The average Bonchev–Trinajstić information content (AvgIpc) is 3.10. The molecular weight excluding hydrogens is 418 g/mol. The van der Waals surface area contributed by atoms with Crippen LogP contribution in [0.15, 0.2) is 60.8 Å². The van der Waals surface area contributed by atoms with E-state index < -0.39 is 11.7 Å². The molecule has 8 nitrogen and oxygen atoms in total. The predicted octanol–water partition coefficient (Wildman–Crippen LogP) is 5.80. The third-order valence-electron chi connectivity index (χ3n) is 4.05. The molecule has 2 aromatic carbocycles. The molecule has 0 aliphatic carbocycles. The first-order valence-corrected chi connectivity index (χ1v) is 9.90. The van der Waals surface area contributed by atoms with E-state index in [1.54, 1.807) is 45.2 Å². The van der Waals surface area contributed by atoms with Crippen LogP contribution in [0.3, 0.4) is 0 Å². The largest absolute Gasteiger partial charge is 0.442 e. The summed E-state index contributed by atoms with van der Waals surface area (Å²) in [5, 5.41) is 8.13. The number of ether oxygens (including phenoxy) is 2. The van der Waals surface area contributed by atoms with Gasteiger partial charge in [0, 0.05) is 17.1 Å². The molecule has 0 amide bonds. The fourth-order valence-electron chi connectivity index (χ4n) is 2.83. The number of carbonyl (C=O) groups is 1. The van der Waals surface area contributed by atoms with Gasteiger partial charge in [0.1, 0.15) is 17.2 Å². The van der Waals surface area contributed by atoms with Gasteiger partial charge in [-0.2, -0.15) is 14.8 Å². The first-order valence-electron chi connectivity index (χ1n) is 9.52. The van der Waals surface area contributed by atoms with Crippen molar-refractivity contribution in [3.05, 3.63) is 66.1 Å². The summed E-state index contributed by atoms with van der Waals surface area (Å²) < 4.78 is 12.4. The highest BCUT2D eigenvalue weighted by Crippen LogP contribution is 2.26. The normalized spacial score (nSPS) is 11.4. The van der Waals surface area contributed by atoms with Crippen LogP contribution < -0.4 is 10.1 Å². The van der Waals surface area contributed by atoms with Gasteiger partial charge in [-0.05, 0) is 62.7 Å². The van der Waals surface area contributed by atoms with Crippen LogP contribution in [0.5, 0.6) is 11.6 Å². The molecule has 1 N–H and O–H groups in total. The van der Waals surface area contributed by atoms with Crippen molar-refractivity contribution in [1.29, 1.82) is 0 Å². The maximum absolute atomic E-state index is 12.4. The van der Waals surface area contributed by atoms with Gasteiger partial charge in [0.05, 0.1) is 11.7 Å². The first kappa shape index (κ1) is 20.6. The zero-order chi connectivity index (χ0) is 22.0. The lowest BCUT2D eigenvalue weighted by Gasteiger charge is -2.19. The number of para-hydroxylation sites is 1. The highest BCUT2D eigenvalue weighted by molar-refractivity contribution is 6.28. The SMILES string of the molecule is CC(C)(C)OC(=O)n1ncc2cc(Nc3cc(Oc4ccccc4)nc(Cl)n3)ccc21. The Balaban J connectivity index is 1.56. The second-order valence-corrected chi connectivity index (χ2v) is 8.05. The van der Waals surface area contributed by atoms with Crippen LogP contribution >= 0.6 is 11.6 Å². The Kier molecular flexibility index (Phi) is 5.48. The molecule has 0 fully saturated rings. The summed E-state index contributed by atoms with van der Waals surface area (Å²) in [5.41, 5.74) is 0.758. The molecular formula is C22H20ClN5O3. The Hall–Kier alpha value is -3.65. The average molecular weight is 438 g/mol. The molecule has 9 heteroatoms. The summed E-state index contributed by atoms with van der Waals surface area (Å²) in [5.74, 6) is 1.41. The summed E-state index contributed by atoms with van der Waals surface area (Å²) in [7, 11) is 0. The predicted molar refractivity (Wildman–Crippen MR) is 118 cm³/mol. The monoisotopic (exact) mass is 437 g/mol. The van der Waals surface area contributed by atoms with Gasteiger partial charge in [0.2, 0.25) is 11.2 Å². The number of nitrogens with one attached hydrogen (secondary N) is 1. The number of fused-ring (bicyclic) bond motifs is 1. The minimum Gasteiger partial charge on any atom is -0.442 e. The number of anilines is 2. The molecule has 0 bridgehead atoms. The minimum atomic E-state index is -0.608. The summed E-state index contributed by atoms with van der Waals surface area (Å²) in [4.78, 5) is 20.6. The molecule has 0 radical (unpaired) electrons. The van der Waals surface area contributed by atoms with Crippen LogP contribution in [-0.2, 0) is 4.74 Å². The number of halogens is 1. The third-order valence-corrected chi connectivity index (χ3v) is 4.22. The van der Waals surface area contributed by atoms with Crippen molar-refractivity contribution < 1.29 is 14.3 Å². The van der Waals surface area contributed by atoms with Crippen LogP contribution in [0.25, 0.3) is 10.9 Å². The quantitative estimate of drug-likeness (QED) is 0.403. The molecule has 0 saturated heterocycles. The minimum absolute atomic E-state index is 0.0507. The Morgan fingerprint density at radius 3 is 2.58 bits per heavy atom. The number of hydrogen-bond donors (Lipinski definition) is 1. The fraction of sp³-hybridized carbons (Fsp3) is 0.182. The Bertz CT molecular complexity index is 1240. The van der Waals surface area contributed by atoms with E-state index in [0.29, 0.717) is 23.0 Å². The number of carbonyl (C=O) groups excluding carboxylic acids is 1. The lowest BCUT2D eigenvalue weighted by atomic mass is 10.2. The number of nitrogens with zero attached hydrogens (tertiary/aromatic N) is 4. The Labute approximate surface area is 183 Å². The van der Waals surface area contributed by atoms with E-state index >= 15 is 0 Å². The molecule has 2 aromatic heterocycles. The third kappa shape index (κ3) is 5.10. The van der Waals surface area contributed by atoms with E-state index in [4.69, 9.17) is 21.1 Å². The van der Waals surface area contributed by atoms with Crippen molar-refractivity contribution in [1.82, 2.24) is 19.7 Å². The number of hydrogen-bond acceptors (Lipinski definition) is 7. The molecule has 31 heavy (non-hydrogen) atoms. The fourth-order valence-corrected chi connectivity index (χ4v) is 3.01. The van der Waals surface area contributed by atoms with Crippen LogP contribution in [0.4, 0.5) is 16.3 Å². The Morgan fingerprint density at radius 1 is 1.06 bits per heavy atom. The second kappa shape index (κ2) is 8.23. The molecule has 0 aliphatic heterocycles. The number of rotatable bonds is 4. The van der Waals surface area contributed by atoms with E-state index in [0.717, 1.165) is 11.1 Å². The van der Waals surface area contributed by atoms with Gasteiger partial charge in [0.25, 0.3) is 0 Å². The summed E-state index contributed by atoms with van der Waals surface area (Å²) >= 11 is 6.06. The van der Waals surface area contributed by atoms with Crippen LogP contribution in [-0.4, -0.2) is 31.4 Å². The molecule has 0 spiro atoms. The highest BCUT2D eigenvalue weighted by atomic mass is 35.5. The van der Waals surface area contributed by atoms with Gasteiger partial charge in [-0.25, -0.2) is 9.78 Å². The lowest BCUT2D eigenvalue weighted by molar-refractivity contribution is 0.0522. The van der Waals surface area contributed by atoms with Gasteiger partial charge in [0.15, 0.2) is 0 Å². The van der Waals surface area contributed by atoms with Crippen molar-refractivity contribution in [2.45, 2.75) is 26.4 Å². The van der Waals surface area contributed by atoms with Crippen molar-refractivity contribution in [3.63, 3.8) is 0 Å². The smallest absolute Gasteiger partial charge is 0.435 e. The second-order valence-electron chi connectivity index (χ2n) is 7.71. The molecule has 0 unspecified atom stereocenters. The summed E-state index contributed by atoms with van der Waals surface area (Å²) in [6.45, 7) is 5.42. The van der Waals surface area contributed by atoms with E-state index in [2.05, 4.69) is 20.4 Å². The zero-order valence-electron chi connectivity index (χ0n) is 17.2. The van der Waals surface area contributed by atoms with Gasteiger partial charge in [-0.15, -0.1) is 0 Å². The van der Waals surface area contributed by atoms with Crippen LogP contribution in [0, 0.1) is 0 Å². The Morgan fingerprint density at radius 2 is 1.84 bits per heavy atom. The highest BCUT2D eigenvalue weighted by Gasteiger charge is 2.20. The molecule has 2 heterocycles. The van der Waals surface area contributed by atoms with E-state index in [1.807, 2.05) is 36.4 Å².